The van der Waals surface area contributed by atoms with Gasteiger partial charge in [-0.2, -0.15) is 0 Å². The van der Waals surface area contributed by atoms with Crippen LogP contribution in [0.25, 0.3) is 0 Å². The summed E-state index contributed by atoms with van der Waals surface area (Å²) in [4.78, 5) is 14.0. The fourth-order valence-corrected chi connectivity index (χ4v) is 2.76. The number of carbonyl (C=O) groups is 1. The van der Waals surface area contributed by atoms with Crippen LogP contribution < -0.4 is 14.8 Å². The van der Waals surface area contributed by atoms with Crippen molar-refractivity contribution in [2.75, 3.05) is 39.4 Å². The summed E-state index contributed by atoms with van der Waals surface area (Å²) >= 11 is 0. The zero-order valence-corrected chi connectivity index (χ0v) is 12.3. The summed E-state index contributed by atoms with van der Waals surface area (Å²) in [7, 11) is 0. The van der Waals surface area contributed by atoms with Crippen molar-refractivity contribution in [2.45, 2.75) is 19.3 Å². The van der Waals surface area contributed by atoms with Crippen molar-refractivity contribution in [2.24, 2.45) is 0 Å². The second kappa shape index (κ2) is 6.80. The second-order valence-corrected chi connectivity index (χ2v) is 5.46. The number of rotatable bonds is 4. The molecule has 3 rings (SSSR count). The van der Waals surface area contributed by atoms with Crippen LogP contribution in [0.2, 0.25) is 0 Å². The van der Waals surface area contributed by atoms with Gasteiger partial charge in [-0.3, -0.25) is 4.79 Å². The number of amides is 1. The molecule has 0 bridgehead atoms. The molecule has 2 aliphatic rings. The highest BCUT2D eigenvalue weighted by Crippen LogP contribution is 2.31. The molecule has 114 valence electrons. The number of ether oxygens (including phenoxy) is 2. The van der Waals surface area contributed by atoms with Gasteiger partial charge in [-0.1, -0.05) is 6.07 Å². The molecular formula is C16H22N2O3. The third kappa shape index (κ3) is 3.67. The normalized spacial score (nSPS) is 17.6. The van der Waals surface area contributed by atoms with Crippen molar-refractivity contribution >= 4 is 5.91 Å². The van der Waals surface area contributed by atoms with Gasteiger partial charge in [0.25, 0.3) is 0 Å². The Labute approximate surface area is 125 Å². The summed E-state index contributed by atoms with van der Waals surface area (Å²) in [6.07, 6.45) is 2.39. The SMILES string of the molecule is O=C(CCCc1ccc2c(c1)OCCO2)N1CCNCC1. The fourth-order valence-electron chi connectivity index (χ4n) is 2.76. The number of nitrogens with zero attached hydrogens (tertiary/aromatic N) is 1. The van der Waals surface area contributed by atoms with Gasteiger partial charge in [0.2, 0.25) is 5.91 Å². The van der Waals surface area contributed by atoms with Gasteiger partial charge in [0.1, 0.15) is 13.2 Å². The molecule has 1 N–H and O–H groups in total. The molecule has 5 heteroatoms. The van der Waals surface area contributed by atoms with Crippen molar-refractivity contribution in [3.8, 4) is 11.5 Å². The first-order valence-corrected chi connectivity index (χ1v) is 7.70. The molecule has 21 heavy (non-hydrogen) atoms. The van der Waals surface area contributed by atoms with Crippen molar-refractivity contribution in [1.29, 1.82) is 0 Å². The summed E-state index contributed by atoms with van der Waals surface area (Å²) in [6.45, 7) is 4.72. The highest BCUT2D eigenvalue weighted by Gasteiger charge is 2.16. The van der Waals surface area contributed by atoms with Crippen LogP contribution in [-0.4, -0.2) is 50.2 Å². The molecule has 0 spiro atoms. The maximum atomic E-state index is 12.1. The topological polar surface area (TPSA) is 50.8 Å². The number of aryl methyl sites for hydroxylation is 1. The Bertz CT molecular complexity index is 498. The molecule has 0 aromatic heterocycles. The first-order valence-electron chi connectivity index (χ1n) is 7.70. The van der Waals surface area contributed by atoms with Crippen LogP contribution in [0.1, 0.15) is 18.4 Å². The molecule has 2 aliphatic heterocycles. The molecule has 0 unspecified atom stereocenters. The van der Waals surface area contributed by atoms with E-state index in [1.165, 1.54) is 5.56 Å². The lowest BCUT2D eigenvalue weighted by molar-refractivity contribution is -0.131. The number of piperazine rings is 1. The Balaban J connectivity index is 1.47. The number of hydrogen-bond acceptors (Lipinski definition) is 4. The van der Waals surface area contributed by atoms with E-state index in [4.69, 9.17) is 9.47 Å². The van der Waals surface area contributed by atoms with Gasteiger partial charge in [0.05, 0.1) is 0 Å². The van der Waals surface area contributed by atoms with Crippen LogP contribution in [0.15, 0.2) is 18.2 Å². The standard InChI is InChI=1S/C16H22N2O3/c19-16(18-8-6-17-7-9-18)3-1-2-13-4-5-14-15(12-13)21-11-10-20-14/h4-5,12,17H,1-3,6-11H2. The molecule has 5 nitrogen and oxygen atoms in total. The zero-order valence-electron chi connectivity index (χ0n) is 12.3. The van der Waals surface area contributed by atoms with Crippen molar-refractivity contribution in [3.05, 3.63) is 23.8 Å². The number of fused-ring (bicyclic) bond motifs is 1. The Hall–Kier alpha value is -1.75. The van der Waals surface area contributed by atoms with Crippen LogP contribution in [0.5, 0.6) is 11.5 Å². The minimum absolute atomic E-state index is 0.272. The molecule has 0 saturated carbocycles. The summed E-state index contributed by atoms with van der Waals surface area (Å²) in [5.41, 5.74) is 1.20. The first kappa shape index (κ1) is 14.2. The van der Waals surface area contributed by atoms with Gasteiger partial charge < -0.3 is 19.7 Å². The predicted molar refractivity (Wildman–Crippen MR) is 79.8 cm³/mol. The van der Waals surface area contributed by atoms with Crippen LogP contribution in [0, 0.1) is 0 Å². The van der Waals surface area contributed by atoms with E-state index >= 15 is 0 Å². The Morgan fingerprint density at radius 2 is 1.90 bits per heavy atom. The lowest BCUT2D eigenvalue weighted by Gasteiger charge is -2.27. The average molecular weight is 290 g/mol. The predicted octanol–water partition coefficient (Wildman–Crippen LogP) is 1.21. The van der Waals surface area contributed by atoms with Gasteiger partial charge in [0, 0.05) is 32.6 Å². The zero-order chi connectivity index (χ0) is 14.5. The lowest BCUT2D eigenvalue weighted by Crippen LogP contribution is -2.46. The highest BCUT2D eigenvalue weighted by atomic mass is 16.6. The first-order chi connectivity index (χ1) is 10.3. The van der Waals surface area contributed by atoms with E-state index in [-0.39, 0.29) is 5.91 Å². The molecule has 1 saturated heterocycles. The lowest BCUT2D eigenvalue weighted by atomic mass is 10.1. The smallest absolute Gasteiger partial charge is 0.222 e. The third-order valence-electron chi connectivity index (χ3n) is 3.93. The monoisotopic (exact) mass is 290 g/mol. The van der Waals surface area contributed by atoms with Gasteiger partial charge in [-0.25, -0.2) is 0 Å². The average Bonchev–Trinajstić information content (AvgIpc) is 2.55. The molecule has 1 aromatic carbocycles. The van der Waals surface area contributed by atoms with E-state index in [1.54, 1.807) is 0 Å². The molecule has 1 fully saturated rings. The van der Waals surface area contributed by atoms with Gasteiger partial charge in [-0.15, -0.1) is 0 Å². The summed E-state index contributed by atoms with van der Waals surface area (Å²) < 4.78 is 11.1. The molecule has 0 aliphatic carbocycles. The quantitative estimate of drug-likeness (QED) is 0.905. The van der Waals surface area contributed by atoms with Crippen molar-refractivity contribution < 1.29 is 14.3 Å². The van der Waals surface area contributed by atoms with Crippen LogP contribution in [0.3, 0.4) is 0 Å². The van der Waals surface area contributed by atoms with Crippen LogP contribution in [-0.2, 0) is 11.2 Å². The Kier molecular flexibility index (Phi) is 4.60. The molecule has 0 atom stereocenters. The largest absolute Gasteiger partial charge is 0.486 e. The summed E-state index contributed by atoms with van der Waals surface area (Å²) in [5.74, 6) is 1.92. The minimum Gasteiger partial charge on any atom is -0.486 e. The fraction of sp³-hybridized carbons (Fsp3) is 0.562. The van der Waals surface area contributed by atoms with Crippen LogP contribution in [0.4, 0.5) is 0 Å². The molecular weight excluding hydrogens is 268 g/mol. The van der Waals surface area contributed by atoms with E-state index in [1.807, 2.05) is 17.0 Å². The maximum absolute atomic E-state index is 12.1. The van der Waals surface area contributed by atoms with Gasteiger partial charge in [0.15, 0.2) is 11.5 Å². The second-order valence-electron chi connectivity index (χ2n) is 5.46. The minimum atomic E-state index is 0.272. The number of nitrogens with one attached hydrogen (secondary N) is 1. The van der Waals surface area contributed by atoms with E-state index in [2.05, 4.69) is 11.4 Å². The highest BCUT2D eigenvalue weighted by molar-refractivity contribution is 5.76. The van der Waals surface area contributed by atoms with Crippen LogP contribution >= 0.6 is 0 Å². The van der Waals surface area contributed by atoms with Crippen molar-refractivity contribution in [1.82, 2.24) is 10.2 Å². The number of carbonyl (C=O) groups excluding carboxylic acids is 1. The molecule has 1 aromatic rings. The molecule has 2 heterocycles. The summed E-state index contributed by atoms with van der Waals surface area (Å²) in [5, 5.41) is 3.26. The number of hydrogen-bond donors (Lipinski definition) is 1. The molecule has 1 amide bonds. The third-order valence-corrected chi connectivity index (χ3v) is 3.93. The molecule has 0 radical (unpaired) electrons. The van der Waals surface area contributed by atoms with E-state index in [0.29, 0.717) is 19.6 Å². The van der Waals surface area contributed by atoms with Gasteiger partial charge in [-0.05, 0) is 30.5 Å². The van der Waals surface area contributed by atoms with Crippen molar-refractivity contribution in [3.63, 3.8) is 0 Å². The van der Waals surface area contributed by atoms with E-state index in [9.17, 15) is 4.79 Å². The maximum Gasteiger partial charge on any atom is 0.222 e. The van der Waals surface area contributed by atoms with E-state index < -0.39 is 0 Å². The Morgan fingerprint density at radius 3 is 2.71 bits per heavy atom. The summed E-state index contributed by atoms with van der Waals surface area (Å²) in [6, 6.07) is 6.05. The van der Waals surface area contributed by atoms with Gasteiger partial charge >= 0.3 is 0 Å². The Morgan fingerprint density at radius 1 is 1.14 bits per heavy atom. The van der Waals surface area contributed by atoms with E-state index in [0.717, 1.165) is 50.5 Å². The number of benzene rings is 1.